The maximum Gasteiger partial charge on any atom is 0.416 e. The van der Waals surface area contributed by atoms with Gasteiger partial charge in [-0.25, -0.2) is 9.97 Å². The van der Waals surface area contributed by atoms with Gasteiger partial charge in [-0.05, 0) is 103 Å². The molecule has 0 amide bonds. The minimum atomic E-state index is -4.38. The number of aromatic nitrogens is 4. The van der Waals surface area contributed by atoms with Crippen molar-refractivity contribution in [2.75, 3.05) is 18.0 Å². The minimum absolute atomic E-state index is 0.347. The van der Waals surface area contributed by atoms with Gasteiger partial charge < -0.3 is 15.1 Å². The van der Waals surface area contributed by atoms with Gasteiger partial charge in [-0.2, -0.15) is 13.2 Å². The molecule has 1 fully saturated rings. The first-order valence-corrected chi connectivity index (χ1v) is 21.0. The van der Waals surface area contributed by atoms with Crippen LogP contribution in [0.5, 0.6) is 0 Å². The molecule has 0 bridgehead atoms. The summed E-state index contributed by atoms with van der Waals surface area (Å²) in [6.45, 7) is 5.47. The van der Waals surface area contributed by atoms with Crippen LogP contribution in [0.4, 0.5) is 19.0 Å². The van der Waals surface area contributed by atoms with Gasteiger partial charge in [0.15, 0.2) is 0 Å². The quantitative estimate of drug-likeness (QED) is 0.147. The van der Waals surface area contributed by atoms with Crippen LogP contribution in [0.1, 0.15) is 69.0 Å². The van der Waals surface area contributed by atoms with Gasteiger partial charge in [0.05, 0.1) is 26.6 Å². The number of hydrogen-bond donors (Lipinski definition) is 2. The second-order valence-corrected chi connectivity index (χ2v) is 16.3. The van der Waals surface area contributed by atoms with Crippen LogP contribution in [0.25, 0.3) is 32.9 Å². The van der Waals surface area contributed by atoms with Crippen LogP contribution in [0.3, 0.4) is 0 Å². The first-order valence-electron chi connectivity index (χ1n) is 19.8. The molecule has 7 nitrogen and oxygen atoms in total. The number of fused-ring (bicyclic) bond motifs is 2. The van der Waals surface area contributed by atoms with Gasteiger partial charge in [0.1, 0.15) is 23.2 Å². The number of aryl methyl sites for hydroxylation is 2. The van der Waals surface area contributed by atoms with Crippen LogP contribution < -0.4 is 4.90 Å². The molecule has 62 heavy (non-hydrogen) atoms. The standard InChI is InChI=1S/C28H25ClF3N3O.C21H14Cl2N2O/c1-16-4-10-21(17(2)33-16)26(36)19-7-11-24-22(15-19)25(29)23(27(34-24)35-12-3-13-35)14-18-5-8-20(9-6-18)28(30,31)32;22-19-16-12-15(20(26)14-8-10-24-11-9-14)6-7-17(16)25-21(23)18(19)13-4-2-1-3-5-13/h4-11,15,26,36H,3,12-14H2,1-2H3;1-12,20,26H. The molecule has 13 heteroatoms. The average molecular weight is 893 g/mol. The van der Waals surface area contributed by atoms with Gasteiger partial charge in [-0.15, -0.1) is 0 Å². The molecule has 0 saturated carbocycles. The van der Waals surface area contributed by atoms with E-state index < -0.39 is 23.9 Å². The predicted molar refractivity (Wildman–Crippen MR) is 241 cm³/mol. The Kier molecular flexibility index (Phi) is 12.5. The Morgan fingerprint density at radius 3 is 1.92 bits per heavy atom. The smallest absolute Gasteiger partial charge is 0.384 e. The van der Waals surface area contributed by atoms with Crippen molar-refractivity contribution in [3.63, 3.8) is 0 Å². The zero-order chi connectivity index (χ0) is 43.7. The number of nitrogens with zero attached hydrogens (tertiary/aromatic N) is 5. The Morgan fingerprint density at radius 2 is 1.31 bits per heavy atom. The van der Waals surface area contributed by atoms with E-state index in [2.05, 4.69) is 19.9 Å². The first-order chi connectivity index (χ1) is 29.8. The number of rotatable bonds is 8. The molecule has 8 aromatic rings. The summed E-state index contributed by atoms with van der Waals surface area (Å²) in [5, 5.41) is 24.6. The van der Waals surface area contributed by atoms with Crippen LogP contribution >= 0.6 is 34.8 Å². The molecule has 1 aliphatic heterocycles. The van der Waals surface area contributed by atoms with Crippen LogP contribution in [0.15, 0.2) is 128 Å². The molecule has 0 radical (unpaired) electrons. The molecule has 0 spiro atoms. The van der Waals surface area contributed by atoms with E-state index in [0.717, 1.165) is 76.5 Å². The molecule has 314 valence electrons. The number of pyridine rings is 4. The van der Waals surface area contributed by atoms with Gasteiger partial charge in [0.2, 0.25) is 0 Å². The molecule has 2 atom stereocenters. The lowest BCUT2D eigenvalue weighted by atomic mass is 9.96. The lowest BCUT2D eigenvalue weighted by Crippen LogP contribution is -2.38. The van der Waals surface area contributed by atoms with Gasteiger partial charge in [-0.3, -0.25) is 9.97 Å². The zero-order valence-corrected chi connectivity index (χ0v) is 35.8. The predicted octanol–water partition coefficient (Wildman–Crippen LogP) is 12.5. The molecule has 2 N–H and O–H groups in total. The van der Waals surface area contributed by atoms with Crippen molar-refractivity contribution in [3.05, 3.63) is 193 Å². The van der Waals surface area contributed by atoms with E-state index >= 15 is 0 Å². The molecule has 9 rings (SSSR count). The molecular formula is C49H39Cl3F3N5O2. The number of alkyl halides is 3. The number of aliphatic hydroxyl groups is 2. The lowest BCUT2D eigenvalue weighted by molar-refractivity contribution is -0.137. The van der Waals surface area contributed by atoms with Crippen molar-refractivity contribution >= 4 is 62.4 Å². The highest BCUT2D eigenvalue weighted by molar-refractivity contribution is 6.42. The Bertz CT molecular complexity index is 2900. The molecule has 2 unspecified atom stereocenters. The largest absolute Gasteiger partial charge is 0.416 e. The second-order valence-electron chi connectivity index (χ2n) is 15.2. The van der Waals surface area contributed by atoms with Crippen LogP contribution in [0, 0.1) is 13.8 Å². The summed E-state index contributed by atoms with van der Waals surface area (Å²) in [4.78, 5) is 19.9. The monoisotopic (exact) mass is 891 g/mol. The summed E-state index contributed by atoms with van der Waals surface area (Å²) in [6.07, 6.45) is -1.33. The van der Waals surface area contributed by atoms with Gasteiger partial charge >= 0.3 is 6.18 Å². The van der Waals surface area contributed by atoms with Gasteiger partial charge in [-0.1, -0.05) is 95.5 Å². The van der Waals surface area contributed by atoms with Crippen molar-refractivity contribution in [1.29, 1.82) is 0 Å². The summed E-state index contributed by atoms with van der Waals surface area (Å²) in [5.41, 5.74) is 8.28. The van der Waals surface area contributed by atoms with Crippen molar-refractivity contribution in [1.82, 2.24) is 19.9 Å². The highest BCUT2D eigenvalue weighted by atomic mass is 35.5. The molecule has 4 aromatic carbocycles. The highest BCUT2D eigenvalue weighted by Gasteiger charge is 2.30. The Balaban J connectivity index is 0.000000180. The third kappa shape index (κ3) is 8.98. The Morgan fingerprint density at radius 1 is 0.677 bits per heavy atom. The summed E-state index contributed by atoms with van der Waals surface area (Å²) in [6, 6.07) is 33.2. The fourth-order valence-corrected chi connectivity index (χ4v) is 8.54. The lowest BCUT2D eigenvalue weighted by Gasteiger charge is -2.34. The van der Waals surface area contributed by atoms with E-state index in [-0.39, 0.29) is 0 Å². The van der Waals surface area contributed by atoms with Crippen LogP contribution in [-0.2, 0) is 12.6 Å². The normalized spacial score (nSPS) is 13.7. The summed E-state index contributed by atoms with van der Waals surface area (Å²) in [5.74, 6) is 0.755. The fraction of sp³-hybridized carbons (Fsp3) is 0.184. The number of aliphatic hydroxyl groups excluding tert-OH is 2. The van der Waals surface area contributed by atoms with Crippen LogP contribution in [-0.4, -0.2) is 43.2 Å². The molecule has 0 aliphatic carbocycles. The van der Waals surface area contributed by atoms with E-state index in [1.807, 2.05) is 92.7 Å². The summed E-state index contributed by atoms with van der Waals surface area (Å²) in [7, 11) is 0. The Hall–Kier alpha value is -5.62. The van der Waals surface area contributed by atoms with Crippen molar-refractivity contribution in [3.8, 4) is 11.1 Å². The number of anilines is 1. The number of benzene rings is 4. The Labute approximate surface area is 371 Å². The van der Waals surface area contributed by atoms with E-state index in [0.29, 0.717) is 60.3 Å². The number of halogens is 6. The van der Waals surface area contributed by atoms with E-state index in [4.69, 9.17) is 39.8 Å². The zero-order valence-electron chi connectivity index (χ0n) is 33.5. The van der Waals surface area contributed by atoms with E-state index in [1.165, 1.54) is 12.1 Å². The molecule has 5 heterocycles. The summed E-state index contributed by atoms with van der Waals surface area (Å²) >= 11 is 20.0. The fourth-order valence-electron chi connectivity index (χ4n) is 7.54. The number of hydrogen-bond acceptors (Lipinski definition) is 7. The minimum Gasteiger partial charge on any atom is -0.384 e. The van der Waals surface area contributed by atoms with Crippen molar-refractivity contribution < 1.29 is 23.4 Å². The van der Waals surface area contributed by atoms with Gasteiger partial charge in [0.25, 0.3) is 0 Å². The molecule has 1 aliphatic rings. The maximum atomic E-state index is 13.0. The average Bonchev–Trinajstić information content (AvgIpc) is 3.24. The topological polar surface area (TPSA) is 95.3 Å². The van der Waals surface area contributed by atoms with E-state index in [1.54, 1.807) is 24.5 Å². The molecule has 4 aromatic heterocycles. The highest BCUT2D eigenvalue weighted by Crippen LogP contribution is 2.41. The van der Waals surface area contributed by atoms with Crippen molar-refractivity contribution in [2.45, 2.75) is 45.1 Å². The third-order valence-corrected chi connectivity index (χ3v) is 12.1. The van der Waals surface area contributed by atoms with Gasteiger partial charge in [0, 0.05) is 70.8 Å². The second kappa shape index (κ2) is 18.0. The molecular weight excluding hydrogens is 854 g/mol. The third-order valence-electron chi connectivity index (χ3n) is 11.0. The maximum absolute atomic E-state index is 13.0. The molecule has 1 saturated heterocycles. The van der Waals surface area contributed by atoms with Crippen molar-refractivity contribution in [2.24, 2.45) is 0 Å². The van der Waals surface area contributed by atoms with E-state index in [9.17, 15) is 23.4 Å². The SMILES string of the molecule is Cc1ccc(C(O)c2ccc3nc(N4CCC4)c(Cc4ccc(C(F)(F)F)cc4)c(Cl)c3c2)c(C)n1.OC(c1ccncc1)c1ccc2nc(Cl)c(-c3ccccc3)c(Cl)c2c1. The first kappa shape index (κ1) is 43.0. The summed E-state index contributed by atoms with van der Waals surface area (Å²) < 4.78 is 39.0. The van der Waals surface area contributed by atoms with Crippen LogP contribution in [0.2, 0.25) is 15.2 Å².